The molecule has 25 heavy (non-hydrogen) atoms. The fraction of sp³-hybridized carbons (Fsp3) is 0.111. The van der Waals surface area contributed by atoms with Crippen LogP contribution < -0.4 is 10.2 Å². The Morgan fingerprint density at radius 3 is 2.72 bits per heavy atom. The number of carbonyl (C=O) groups is 1. The Morgan fingerprint density at radius 2 is 2.00 bits per heavy atom. The number of anilines is 1. The van der Waals surface area contributed by atoms with Gasteiger partial charge in [0.15, 0.2) is 5.11 Å². The standard InChI is InChI=1S/C18H15N3O3S/c1-2-12-6-5-8-14(10-12)20-17(22)15(19-18(20)25)11-13-7-3-4-9-16(13)21(23)24/h3-11H,2H2,1H3,(H,19,25)/b15-11+. The quantitative estimate of drug-likeness (QED) is 0.394. The fourth-order valence-corrected chi connectivity index (χ4v) is 2.91. The summed E-state index contributed by atoms with van der Waals surface area (Å²) in [5.74, 6) is -0.337. The first-order valence-electron chi connectivity index (χ1n) is 7.70. The molecule has 126 valence electrons. The molecule has 0 unspecified atom stereocenters. The molecule has 1 saturated heterocycles. The Bertz CT molecular complexity index is 908. The van der Waals surface area contributed by atoms with Gasteiger partial charge < -0.3 is 5.32 Å². The highest BCUT2D eigenvalue weighted by Gasteiger charge is 2.32. The van der Waals surface area contributed by atoms with Crippen molar-refractivity contribution in [2.24, 2.45) is 0 Å². The molecule has 1 heterocycles. The number of nitro benzene ring substituents is 1. The molecule has 0 aliphatic carbocycles. The minimum atomic E-state index is -0.480. The molecule has 7 heteroatoms. The molecule has 0 spiro atoms. The first-order chi connectivity index (χ1) is 12.0. The van der Waals surface area contributed by atoms with Crippen molar-refractivity contribution in [3.63, 3.8) is 0 Å². The summed E-state index contributed by atoms with van der Waals surface area (Å²) in [7, 11) is 0. The predicted molar refractivity (Wildman–Crippen MR) is 100 cm³/mol. The van der Waals surface area contributed by atoms with Crippen LogP contribution in [0.4, 0.5) is 11.4 Å². The lowest BCUT2D eigenvalue weighted by Crippen LogP contribution is -2.30. The Kier molecular flexibility index (Phi) is 4.58. The van der Waals surface area contributed by atoms with Gasteiger partial charge in [0, 0.05) is 6.07 Å². The number of hydrogen-bond acceptors (Lipinski definition) is 4. The summed E-state index contributed by atoms with van der Waals surface area (Å²) < 4.78 is 0. The van der Waals surface area contributed by atoms with Crippen LogP contribution in [0.15, 0.2) is 54.2 Å². The monoisotopic (exact) mass is 353 g/mol. The van der Waals surface area contributed by atoms with Crippen LogP contribution in [0, 0.1) is 10.1 Å². The molecule has 3 rings (SSSR count). The Morgan fingerprint density at radius 1 is 1.24 bits per heavy atom. The first kappa shape index (κ1) is 16.8. The zero-order chi connectivity index (χ0) is 18.0. The van der Waals surface area contributed by atoms with E-state index in [9.17, 15) is 14.9 Å². The third-order valence-corrected chi connectivity index (χ3v) is 4.17. The van der Waals surface area contributed by atoms with Crippen molar-refractivity contribution in [2.75, 3.05) is 4.90 Å². The first-order valence-corrected chi connectivity index (χ1v) is 8.11. The molecule has 1 amide bonds. The number of hydrogen-bond donors (Lipinski definition) is 1. The van der Waals surface area contributed by atoms with Gasteiger partial charge in [0.05, 0.1) is 16.2 Å². The second-order valence-electron chi connectivity index (χ2n) is 5.47. The molecule has 6 nitrogen and oxygen atoms in total. The van der Waals surface area contributed by atoms with Crippen LogP contribution in [0.2, 0.25) is 0 Å². The van der Waals surface area contributed by atoms with Gasteiger partial charge >= 0.3 is 0 Å². The van der Waals surface area contributed by atoms with E-state index in [1.165, 1.54) is 17.0 Å². The smallest absolute Gasteiger partial charge is 0.281 e. The number of aryl methyl sites for hydroxylation is 1. The maximum absolute atomic E-state index is 12.7. The van der Waals surface area contributed by atoms with Gasteiger partial charge in [0.2, 0.25) is 0 Å². The van der Waals surface area contributed by atoms with Crippen molar-refractivity contribution in [3.8, 4) is 0 Å². The molecule has 1 N–H and O–H groups in total. The number of benzene rings is 2. The van der Waals surface area contributed by atoms with Crippen molar-refractivity contribution in [2.45, 2.75) is 13.3 Å². The molecule has 0 saturated carbocycles. The zero-order valence-electron chi connectivity index (χ0n) is 13.4. The van der Waals surface area contributed by atoms with E-state index in [2.05, 4.69) is 5.32 Å². The number of rotatable bonds is 4. The molecule has 1 aliphatic heterocycles. The molecule has 0 atom stereocenters. The number of nitrogens with one attached hydrogen (secondary N) is 1. The van der Waals surface area contributed by atoms with Gasteiger partial charge in [-0.2, -0.15) is 0 Å². The van der Waals surface area contributed by atoms with Crippen LogP contribution in [0.25, 0.3) is 6.08 Å². The van der Waals surface area contributed by atoms with Crippen molar-refractivity contribution < 1.29 is 9.72 Å². The average Bonchev–Trinajstić information content (AvgIpc) is 2.89. The fourth-order valence-electron chi connectivity index (χ4n) is 2.62. The SMILES string of the molecule is CCc1cccc(N2C(=O)/C(=C\c3ccccc3[N+](=O)[O-])NC2=S)c1. The maximum atomic E-state index is 12.7. The van der Waals surface area contributed by atoms with Crippen LogP contribution >= 0.6 is 12.2 Å². The number of carbonyl (C=O) groups excluding carboxylic acids is 1. The highest BCUT2D eigenvalue weighted by molar-refractivity contribution is 7.80. The lowest BCUT2D eigenvalue weighted by Gasteiger charge is -2.14. The molecular weight excluding hydrogens is 338 g/mol. The van der Waals surface area contributed by atoms with Crippen molar-refractivity contribution in [3.05, 3.63) is 75.5 Å². The Hall–Kier alpha value is -3.06. The van der Waals surface area contributed by atoms with Crippen molar-refractivity contribution in [1.82, 2.24) is 5.32 Å². The van der Waals surface area contributed by atoms with E-state index in [-0.39, 0.29) is 22.4 Å². The van der Waals surface area contributed by atoms with Gasteiger partial charge in [-0.15, -0.1) is 0 Å². The molecule has 0 bridgehead atoms. The van der Waals surface area contributed by atoms with Crippen LogP contribution in [-0.4, -0.2) is 15.9 Å². The maximum Gasteiger partial charge on any atom is 0.281 e. The van der Waals surface area contributed by atoms with Crippen LogP contribution in [0.5, 0.6) is 0 Å². The van der Waals surface area contributed by atoms with Crippen molar-refractivity contribution >= 4 is 40.7 Å². The number of nitrogens with zero attached hydrogens (tertiary/aromatic N) is 2. The number of amides is 1. The third kappa shape index (κ3) is 3.27. The van der Waals surface area contributed by atoms with E-state index in [4.69, 9.17) is 12.2 Å². The van der Waals surface area contributed by atoms with Crippen LogP contribution in [-0.2, 0) is 11.2 Å². The van der Waals surface area contributed by atoms with E-state index in [1.54, 1.807) is 24.3 Å². The Labute approximate surface area is 149 Å². The second-order valence-corrected chi connectivity index (χ2v) is 5.85. The highest BCUT2D eigenvalue weighted by atomic mass is 32.1. The lowest BCUT2D eigenvalue weighted by atomic mass is 10.1. The number of para-hydroxylation sites is 1. The van der Waals surface area contributed by atoms with Gasteiger partial charge in [-0.05, 0) is 48.5 Å². The summed E-state index contributed by atoms with van der Waals surface area (Å²) >= 11 is 5.28. The summed E-state index contributed by atoms with van der Waals surface area (Å²) in [5, 5.41) is 14.2. The normalized spacial score (nSPS) is 15.6. The number of nitro groups is 1. The van der Waals surface area contributed by atoms with E-state index in [0.29, 0.717) is 11.3 Å². The molecule has 2 aromatic carbocycles. The predicted octanol–water partition coefficient (Wildman–Crippen LogP) is 3.42. The minimum absolute atomic E-state index is 0.0676. The Balaban J connectivity index is 1.98. The van der Waals surface area contributed by atoms with Gasteiger partial charge in [0.25, 0.3) is 11.6 Å². The average molecular weight is 353 g/mol. The summed E-state index contributed by atoms with van der Waals surface area (Å²) in [6, 6.07) is 13.8. The minimum Gasteiger partial charge on any atom is -0.327 e. The molecule has 0 radical (unpaired) electrons. The highest BCUT2D eigenvalue weighted by Crippen LogP contribution is 2.26. The van der Waals surface area contributed by atoms with Gasteiger partial charge in [0.1, 0.15) is 5.70 Å². The van der Waals surface area contributed by atoms with Gasteiger partial charge in [-0.3, -0.25) is 19.8 Å². The zero-order valence-corrected chi connectivity index (χ0v) is 14.2. The topological polar surface area (TPSA) is 75.5 Å². The van der Waals surface area contributed by atoms with Crippen molar-refractivity contribution in [1.29, 1.82) is 0 Å². The summed E-state index contributed by atoms with van der Waals surface area (Å²) in [5.41, 5.74) is 2.25. The lowest BCUT2D eigenvalue weighted by molar-refractivity contribution is -0.385. The molecule has 0 aromatic heterocycles. The van der Waals surface area contributed by atoms with Gasteiger partial charge in [-0.1, -0.05) is 31.2 Å². The summed E-state index contributed by atoms with van der Waals surface area (Å²) in [4.78, 5) is 24.8. The summed E-state index contributed by atoms with van der Waals surface area (Å²) in [6.45, 7) is 2.03. The number of thiocarbonyl (C=S) groups is 1. The second kappa shape index (κ2) is 6.82. The molecule has 2 aromatic rings. The largest absolute Gasteiger partial charge is 0.327 e. The van der Waals surface area contributed by atoms with E-state index >= 15 is 0 Å². The molecule has 1 fully saturated rings. The summed E-state index contributed by atoms with van der Waals surface area (Å²) in [6.07, 6.45) is 2.30. The van der Waals surface area contributed by atoms with E-state index < -0.39 is 4.92 Å². The van der Waals surface area contributed by atoms with Crippen LogP contribution in [0.3, 0.4) is 0 Å². The van der Waals surface area contributed by atoms with E-state index in [0.717, 1.165) is 12.0 Å². The van der Waals surface area contributed by atoms with Crippen LogP contribution in [0.1, 0.15) is 18.1 Å². The van der Waals surface area contributed by atoms with E-state index in [1.807, 2.05) is 25.1 Å². The van der Waals surface area contributed by atoms with Gasteiger partial charge in [-0.25, -0.2) is 0 Å². The third-order valence-electron chi connectivity index (χ3n) is 3.89. The molecular formula is C18H15N3O3S. The molecule has 1 aliphatic rings.